The van der Waals surface area contributed by atoms with Gasteiger partial charge < -0.3 is 52.8 Å². The maximum Gasteiger partial charge on any atom is 0.253 e. The zero-order valence-corrected chi connectivity index (χ0v) is 38.7. The summed E-state index contributed by atoms with van der Waals surface area (Å²) in [5.74, 6) is -2.47. The molecule has 4 aromatic rings. The van der Waals surface area contributed by atoms with Crippen LogP contribution in [0.2, 0.25) is 0 Å². The van der Waals surface area contributed by atoms with E-state index in [9.17, 15) is 29.2 Å². The molecule has 0 fully saturated rings. The molecule has 5 amide bonds. The van der Waals surface area contributed by atoms with Crippen molar-refractivity contribution in [1.29, 1.82) is 5.26 Å². The molecule has 0 saturated carbocycles. The molecule has 0 aliphatic carbocycles. The number of aromatic nitrogens is 1. The number of nitrogens with one attached hydrogen (secondary N) is 4. The number of carbonyl (C=O) groups is 5. The summed E-state index contributed by atoms with van der Waals surface area (Å²) in [6, 6.07) is 17.0. The van der Waals surface area contributed by atoms with Gasteiger partial charge in [-0.2, -0.15) is 5.26 Å². The number of rotatable bonds is 15. The number of amides is 5. The molecule has 1 aromatic heterocycles. The summed E-state index contributed by atoms with van der Waals surface area (Å²) in [7, 11) is 1.43. The number of nitriles is 1. The van der Waals surface area contributed by atoms with Gasteiger partial charge in [-0.3, -0.25) is 29.0 Å². The van der Waals surface area contributed by atoms with E-state index in [0.29, 0.717) is 39.4 Å². The lowest BCUT2D eigenvalue weighted by atomic mass is 9.86. The van der Waals surface area contributed by atoms with E-state index in [4.69, 9.17) is 31.7 Å². The number of carbonyl (C=O) groups excluding carboxylic acids is 5. The zero-order chi connectivity index (χ0) is 48.3. The van der Waals surface area contributed by atoms with Gasteiger partial charge in [-0.15, -0.1) is 0 Å². The van der Waals surface area contributed by atoms with E-state index >= 15 is 0 Å². The van der Waals surface area contributed by atoms with Crippen LogP contribution in [0.4, 0.5) is 0 Å². The average molecular weight is 903 g/mol. The van der Waals surface area contributed by atoms with E-state index in [1.54, 1.807) is 49.4 Å². The summed E-state index contributed by atoms with van der Waals surface area (Å²) in [6.07, 6.45) is 0.0259. The molecule has 1 aliphatic heterocycles. The number of nitrogens with zero attached hydrogens (tertiary/aromatic N) is 3. The lowest BCUT2D eigenvalue weighted by Crippen LogP contribution is -2.56. The van der Waals surface area contributed by atoms with Crippen LogP contribution in [0.25, 0.3) is 22.4 Å². The predicted molar refractivity (Wildman–Crippen MR) is 251 cm³/mol. The molecule has 0 saturated heterocycles. The summed E-state index contributed by atoms with van der Waals surface area (Å²) >= 11 is 0. The van der Waals surface area contributed by atoms with Gasteiger partial charge >= 0.3 is 0 Å². The molecule has 1 aliphatic rings. The van der Waals surface area contributed by atoms with Crippen LogP contribution in [-0.2, 0) is 31.0 Å². The van der Waals surface area contributed by atoms with E-state index in [2.05, 4.69) is 54.2 Å². The first kappa shape index (κ1) is 50.1. The monoisotopic (exact) mass is 902 g/mol. The average Bonchev–Trinajstić information content (AvgIpc) is 3.29. The standard InChI is InChI=1S/C49H62N10O7/c1-28-24-35(29(2)55-42(28)32-9-12-34(13-10-32)49(4,5)6)45(61)57-38(16-17-50)48(64)59(7)43-33-11-15-41(66-23-20-53)37(27-33)36-25-31(8-14-40(36)65-22-19-52)26-39(46(62)54-21-18-51)58-44(60)30(3)56-47(43)63/h8-15,24-25,27,30,38-39,43H,16-17,19-23,26,50,52-53H2,1-7H3,(H,54,62)(H,56,63)(H,57,61)(H,58,60). The van der Waals surface area contributed by atoms with Gasteiger partial charge in [-0.1, -0.05) is 57.2 Å². The Morgan fingerprint density at radius 3 is 2.14 bits per heavy atom. The number of fused-ring (bicyclic) bond motifs is 5. The molecule has 17 heteroatoms. The Morgan fingerprint density at radius 2 is 1.53 bits per heavy atom. The van der Waals surface area contributed by atoms with Crippen LogP contribution < -0.4 is 47.9 Å². The summed E-state index contributed by atoms with van der Waals surface area (Å²) in [4.78, 5) is 76.5. The number of benzene rings is 3. The van der Waals surface area contributed by atoms with Crippen LogP contribution in [0.5, 0.6) is 11.5 Å². The van der Waals surface area contributed by atoms with Gasteiger partial charge in [0.1, 0.15) is 55.4 Å². The summed E-state index contributed by atoms with van der Waals surface area (Å²) < 4.78 is 12.2. The number of hydrogen-bond acceptors (Lipinski definition) is 12. The normalized spacial score (nSPS) is 16.7. The van der Waals surface area contributed by atoms with E-state index < -0.39 is 53.7 Å². The molecule has 17 nitrogen and oxygen atoms in total. The minimum absolute atomic E-state index is 0.00534. The lowest BCUT2D eigenvalue weighted by Gasteiger charge is -2.32. The third kappa shape index (κ3) is 12.1. The predicted octanol–water partition coefficient (Wildman–Crippen LogP) is 2.84. The number of nitrogens with two attached hydrogens (primary N) is 3. The Balaban J connectivity index is 1.57. The first-order valence-corrected chi connectivity index (χ1v) is 22.0. The second kappa shape index (κ2) is 22.4. The second-order valence-electron chi connectivity index (χ2n) is 17.3. The van der Waals surface area contributed by atoms with Crippen molar-refractivity contribution >= 4 is 29.5 Å². The van der Waals surface area contributed by atoms with Crippen molar-refractivity contribution in [1.82, 2.24) is 31.2 Å². The van der Waals surface area contributed by atoms with Crippen LogP contribution >= 0.6 is 0 Å². The molecule has 0 radical (unpaired) electrons. The molecule has 3 aromatic carbocycles. The summed E-state index contributed by atoms with van der Waals surface area (Å²) in [5.41, 5.74) is 23.9. The molecule has 350 valence electrons. The third-order valence-electron chi connectivity index (χ3n) is 11.3. The van der Waals surface area contributed by atoms with Crippen molar-refractivity contribution in [2.75, 3.05) is 46.4 Å². The van der Waals surface area contributed by atoms with Crippen molar-refractivity contribution in [3.8, 4) is 40.0 Å². The molecule has 66 heavy (non-hydrogen) atoms. The van der Waals surface area contributed by atoms with Gasteiger partial charge in [0.05, 0.1) is 23.0 Å². The van der Waals surface area contributed by atoms with Crippen LogP contribution in [0.3, 0.4) is 0 Å². The first-order valence-electron chi connectivity index (χ1n) is 22.0. The minimum Gasteiger partial charge on any atom is -0.492 e. The molecular weight excluding hydrogens is 841 g/mol. The van der Waals surface area contributed by atoms with Crippen molar-refractivity contribution in [3.63, 3.8) is 0 Å². The van der Waals surface area contributed by atoms with Crippen LogP contribution in [0, 0.1) is 25.2 Å². The largest absolute Gasteiger partial charge is 0.492 e. The fraction of sp³-hybridized carbons (Fsp3) is 0.408. The van der Waals surface area contributed by atoms with Gasteiger partial charge in [0.2, 0.25) is 23.6 Å². The Hall–Kier alpha value is -6.87. The van der Waals surface area contributed by atoms with Gasteiger partial charge in [-0.05, 0) is 91.7 Å². The van der Waals surface area contributed by atoms with E-state index in [-0.39, 0.29) is 63.2 Å². The van der Waals surface area contributed by atoms with Crippen LogP contribution in [-0.4, -0.2) is 104 Å². The van der Waals surface area contributed by atoms with E-state index in [1.807, 2.05) is 25.1 Å². The Bertz CT molecular complexity index is 2460. The van der Waals surface area contributed by atoms with Crippen molar-refractivity contribution in [2.24, 2.45) is 17.2 Å². The molecule has 5 rings (SSSR count). The number of hydrogen-bond donors (Lipinski definition) is 7. The van der Waals surface area contributed by atoms with Gasteiger partial charge in [0.15, 0.2) is 0 Å². The Morgan fingerprint density at radius 1 is 0.894 bits per heavy atom. The molecule has 4 atom stereocenters. The molecule has 4 unspecified atom stereocenters. The zero-order valence-electron chi connectivity index (χ0n) is 38.7. The van der Waals surface area contributed by atoms with Crippen molar-refractivity contribution in [2.45, 2.75) is 84.0 Å². The molecule has 4 bridgehead atoms. The van der Waals surface area contributed by atoms with E-state index in [1.165, 1.54) is 24.4 Å². The summed E-state index contributed by atoms with van der Waals surface area (Å²) in [5, 5.41) is 20.0. The SMILES string of the molecule is Cc1cc(C(=O)NC(CCN)C(=O)N(C)C2C(=O)NC(C)C(=O)NC(C(=O)NCC#N)Cc3ccc(OCCN)c(c3)-c3cc2ccc3OCCN)c(C)nc1-c1ccc(C(C)(C)C)cc1. The molecule has 10 N–H and O–H groups in total. The number of likely N-dealkylation sites (N-methyl/N-ethyl adjacent to an activating group) is 1. The first-order chi connectivity index (χ1) is 31.4. The highest BCUT2D eigenvalue weighted by atomic mass is 16.5. The van der Waals surface area contributed by atoms with E-state index in [0.717, 1.165) is 16.8 Å². The van der Waals surface area contributed by atoms with Gasteiger partial charge in [0.25, 0.3) is 5.91 Å². The Labute approximate surface area is 386 Å². The molecule has 2 heterocycles. The second-order valence-corrected chi connectivity index (χ2v) is 17.3. The van der Waals surface area contributed by atoms with Gasteiger partial charge in [-0.25, -0.2) is 0 Å². The van der Waals surface area contributed by atoms with Crippen molar-refractivity contribution in [3.05, 3.63) is 100 Å². The Kier molecular flexibility index (Phi) is 17.0. The van der Waals surface area contributed by atoms with Crippen LogP contribution in [0.15, 0.2) is 66.7 Å². The number of aryl methyl sites for hydroxylation is 2. The quantitative estimate of drug-likeness (QED) is 0.0850. The highest BCUT2D eigenvalue weighted by Crippen LogP contribution is 2.40. The third-order valence-corrected chi connectivity index (χ3v) is 11.3. The number of pyridine rings is 1. The highest BCUT2D eigenvalue weighted by molar-refractivity contribution is 6.00. The highest BCUT2D eigenvalue weighted by Gasteiger charge is 2.36. The lowest BCUT2D eigenvalue weighted by molar-refractivity contribution is -0.141. The maximum atomic E-state index is 14.7. The van der Waals surface area contributed by atoms with Crippen molar-refractivity contribution < 1.29 is 33.4 Å². The number of ether oxygens (including phenoxy) is 2. The molecule has 0 spiro atoms. The maximum absolute atomic E-state index is 14.7. The molecular formula is C49H62N10O7. The van der Waals surface area contributed by atoms with Gasteiger partial charge in [0, 0.05) is 43.2 Å². The minimum atomic E-state index is -1.39. The smallest absolute Gasteiger partial charge is 0.253 e. The topological polar surface area (TPSA) is 270 Å². The fourth-order valence-corrected chi connectivity index (χ4v) is 7.72. The fourth-order valence-electron chi connectivity index (χ4n) is 7.72. The van der Waals surface area contributed by atoms with Crippen LogP contribution in [0.1, 0.15) is 78.5 Å². The summed E-state index contributed by atoms with van der Waals surface area (Å²) in [6.45, 7) is 11.9.